The largest absolute Gasteiger partial charge is 0.358 e. The first-order valence-corrected chi connectivity index (χ1v) is 6.86. The summed E-state index contributed by atoms with van der Waals surface area (Å²) in [5.41, 5.74) is 5.31. The number of H-pyrrole nitrogens is 1. The molecule has 1 aromatic heterocycles. The highest BCUT2D eigenvalue weighted by Crippen LogP contribution is 2.31. The average molecular weight is 238 g/mol. The molecular weight excluding hydrogens is 220 g/mol. The van der Waals surface area contributed by atoms with E-state index in [0.717, 1.165) is 6.42 Å². The van der Waals surface area contributed by atoms with Crippen molar-refractivity contribution in [3.8, 4) is 6.07 Å². The Hall–Kier alpha value is -1.75. The molecule has 0 radical (unpaired) electrons. The zero-order chi connectivity index (χ0) is 12.5. The Labute approximate surface area is 108 Å². The van der Waals surface area contributed by atoms with E-state index in [2.05, 4.69) is 36.2 Å². The fourth-order valence-corrected chi connectivity index (χ4v) is 3.04. The van der Waals surface area contributed by atoms with E-state index in [-0.39, 0.29) is 5.92 Å². The van der Waals surface area contributed by atoms with Crippen LogP contribution in [0.3, 0.4) is 0 Å². The summed E-state index contributed by atoms with van der Waals surface area (Å²) in [6.45, 7) is 2.07. The van der Waals surface area contributed by atoms with Crippen LogP contribution in [-0.2, 0) is 12.8 Å². The molecule has 1 aliphatic rings. The molecule has 0 saturated carbocycles. The highest BCUT2D eigenvalue weighted by molar-refractivity contribution is 5.85. The third-order valence-corrected chi connectivity index (χ3v) is 4.09. The van der Waals surface area contributed by atoms with Crippen molar-refractivity contribution in [1.82, 2.24) is 4.98 Å². The molecule has 2 heteroatoms. The number of nitriles is 1. The van der Waals surface area contributed by atoms with Crippen LogP contribution in [0.5, 0.6) is 0 Å². The minimum Gasteiger partial charge on any atom is -0.358 e. The highest BCUT2D eigenvalue weighted by atomic mass is 14.7. The minimum absolute atomic E-state index is 0.0311. The highest BCUT2D eigenvalue weighted by Gasteiger charge is 2.16. The summed E-state index contributed by atoms with van der Waals surface area (Å²) in [4.78, 5) is 3.54. The third kappa shape index (κ3) is 1.71. The molecule has 1 heterocycles. The van der Waals surface area contributed by atoms with Gasteiger partial charge in [-0.1, -0.05) is 13.0 Å². The SMILES string of the molecule is CCC(C#N)c1ccc2[nH]c3c(c2c1)CCCC3. The van der Waals surface area contributed by atoms with Crippen molar-refractivity contribution in [1.29, 1.82) is 5.26 Å². The maximum absolute atomic E-state index is 9.18. The summed E-state index contributed by atoms with van der Waals surface area (Å²) >= 11 is 0. The van der Waals surface area contributed by atoms with Gasteiger partial charge >= 0.3 is 0 Å². The number of nitrogens with one attached hydrogen (secondary N) is 1. The lowest BCUT2D eigenvalue weighted by Crippen LogP contribution is -2.00. The van der Waals surface area contributed by atoms with Crippen LogP contribution in [0.2, 0.25) is 0 Å². The van der Waals surface area contributed by atoms with Gasteiger partial charge in [0.25, 0.3) is 0 Å². The van der Waals surface area contributed by atoms with Gasteiger partial charge in [0.05, 0.1) is 12.0 Å². The molecule has 18 heavy (non-hydrogen) atoms. The molecule has 0 spiro atoms. The van der Waals surface area contributed by atoms with Gasteiger partial charge in [-0.2, -0.15) is 5.26 Å². The molecule has 1 atom stereocenters. The number of aromatic amines is 1. The average Bonchev–Trinajstić information content (AvgIpc) is 2.78. The zero-order valence-corrected chi connectivity index (χ0v) is 10.8. The van der Waals surface area contributed by atoms with Gasteiger partial charge in [0, 0.05) is 16.6 Å². The van der Waals surface area contributed by atoms with Gasteiger partial charge in [-0.25, -0.2) is 0 Å². The van der Waals surface area contributed by atoms with Crippen molar-refractivity contribution in [3.05, 3.63) is 35.0 Å². The van der Waals surface area contributed by atoms with Gasteiger partial charge in [0.15, 0.2) is 0 Å². The molecule has 0 amide bonds. The van der Waals surface area contributed by atoms with Gasteiger partial charge in [0.1, 0.15) is 0 Å². The number of hydrogen-bond acceptors (Lipinski definition) is 1. The third-order valence-electron chi connectivity index (χ3n) is 4.09. The van der Waals surface area contributed by atoms with Crippen LogP contribution in [-0.4, -0.2) is 4.98 Å². The summed E-state index contributed by atoms with van der Waals surface area (Å²) in [6, 6.07) is 8.87. The topological polar surface area (TPSA) is 39.6 Å². The summed E-state index contributed by atoms with van der Waals surface area (Å²) in [7, 11) is 0. The number of fused-ring (bicyclic) bond motifs is 3. The van der Waals surface area contributed by atoms with Crippen LogP contribution in [0.15, 0.2) is 18.2 Å². The Balaban J connectivity index is 2.14. The number of aromatic nitrogens is 1. The van der Waals surface area contributed by atoms with Gasteiger partial charge in [-0.05, 0) is 55.4 Å². The fraction of sp³-hybridized carbons (Fsp3) is 0.438. The molecule has 92 valence electrons. The molecule has 0 saturated heterocycles. The molecule has 2 aromatic rings. The monoisotopic (exact) mass is 238 g/mol. The quantitative estimate of drug-likeness (QED) is 0.841. The van der Waals surface area contributed by atoms with Crippen molar-refractivity contribution >= 4 is 10.9 Å². The first kappa shape index (κ1) is 11.3. The Kier molecular flexibility index (Phi) is 2.83. The van der Waals surface area contributed by atoms with Gasteiger partial charge in [-0.15, -0.1) is 0 Å². The standard InChI is InChI=1S/C16H18N2/c1-2-11(10-17)12-7-8-16-14(9-12)13-5-3-4-6-15(13)18-16/h7-9,11,18H,2-6H2,1H3. The molecular formula is C16H18N2. The van der Waals surface area contributed by atoms with E-state index >= 15 is 0 Å². The summed E-state index contributed by atoms with van der Waals surface area (Å²) in [5, 5.41) is 10.5. The molecule has 2 nitrogen and oxygen atoms in total. The molecule has 1 aromatic carbocycles. The number of rotatable bonds is 2. The van der Waals surface area contributed by atoms with Crippen LogP contribution < -0.4 is 0 Å². The second-order valence-corrected chi connectivity index (χ2v) is 5.18. The Morgan fingerprint density at radius 1 is 1.33 bits per heavy atom. The van der Waals surface area contributed by atoms with Crippen molar-refractivity contribution in [2.75, 3.05) is 0 Å². The molecule has 1 aliphatic carbocycles. The summed E-state index contributed by atoms with van der Waals surface area (Å²) < 4.78 is 0. The zero-order valence-electron chi connectivity index (χ0n) is 10.8. The van der Waals surface area contributed by atoms with E-state index in [1.807, 2.05) is 0 Å². The molecule has 1 N–H and O–H groups in total. The van der Waals surface area contributed by atoms with Crippen LogP contribution >= 0.6 is 0 Å². The maximum Gasteiger partial charge on any atom is 0.0710 e. The van der Waals surface area contributed by atoms with Gasteiger partial charge in [-0.3, -0.25) is 0 Å². The molecule has 3 rings (SSSR count). The number of aryl methyl sites for hydroxylation is 2. The molecule has 1 unspecified atom stereocenters. The predicted molar refractivity (Wildman–Crippen MR) is 73.6 cm³/mol. The van der Waals surface area contributed by atoms with Gasteiger partial charge < -0.3 is 4.98 Å². The normalized spacial score (nSPS) is 16.2. The van der Waals surface area contributed by atoms with Crippen molar-refractivity contribution in [3.63, 3.8) is 0 Å². The van der Waals surface area contributed by atoms with Crippen LogP contribution in [0, 0.1) is 11.3 Å². The van der Waals surface area contributed by atoms with E-state index in [0.29, 0.717) is 0 Å². The lowest BCUT2D eigenvalue weighted by atomic mass is 9.92. The van der Waals surface area contributed by atoms with Gasteiger partial charge in [0.2, 0.25) is 0 Å². The second-order valence-electron chi connectivity index (χ2n) is 5.18. The van der Waals surface area contributed by atoms with E-state index in [1.165, 1.54) is 53.4 Å². The molecule has 0 fully saturated rings. The van der Waals surface area contributed by atoms with Crippen molar-refractivity contribution in [2.24, 2.45) is 0 Å². The smallest absolute Gasteiger partial charge is 0.0710 e. The first-order chi connectivity index (χ1) is 8.83. The fourth-order valence-electron chi connectivity index (χ4n) is 3.04. The summed E-state index contributed by atoms with van der Waals surface area (Å²) in [5.74, 6) is 0.0311. The van der Waals surface area contributed by atoms with Crippen LogP contribution in [0.25, 0.3) is 10.9 Å². The summed E-state index contributed by atoms with van der Waals surface area (Å²) in [6.07, 6.45) is 5.83. The Morgan fingerprint density at radius 2 is 2.17 bits per heavy atom. The van der Waals surface area contributed by atoms with Crippen molar-refractivity contribution in [2.45, 2.75) is 44.9 Å². The lowest BCUT2D eigenvalue weighted by Gasteiger charge is -2.11. The minimum atomic E-state index is 0.0311. The number of nitrogens with zero attached hydrogens (tertiary/aromatic N) is 1. The molecule has 0 bridgehead atoms. The van der Waals surface area contributed by atoms with Crippen LogP contribution in [0.1, 0.15) is 48.9 Å². The van der Waals surface area contributed by atoms with Crippen molar-refractivity contribution < 1.29 is 0 Å². The first-order valence-electron chi connectivity index (χ1n) is 6.86. The second kappa shape index (κ2) is 4.49. The maximum atomic E-state index is 9.18. The van der Waals surface area contributed by atoms with E-state index in [4.69, 9.17) is 0 Å². The van der Waals surface area contributed by atoms with Crippen LogP contribution in [0.4, 0.5) is 0 Å². The molecule has 0 aliphatic heterocycles. The Morgan fingerprint density at radius 3 is 2.94 bits per heavy atom. The van der Waals surface area contributed by atoms with E-state index in [9.17, 15) is 5.26 Å². The predicted octanol–water partition coefficient (Wildman–Crippen LogP) is 4.06. The number of benzene rings is 1. The lowest BCUT2D eigenvalue weighted by molar-refractivity contribution is 0.680. The van der Waals surface area contributed by atoms with E-state index in [1.54, 1.807) is 0 Å². The Bertz CT molecular complexity index is 616. The van der Waals surface area contributed by atoms with E-state index < -0.39 is 0 Å². The number of hydrogen-bond donors (Lipinski definition) is 1.